The van der Waals surface area contributed by atoms with Gasteiger partial charge in [-0.1, -0.05) is 24.3 Å². The van der Waals surface area contributed by atoms with E-state index in [1.54, 1.807) is 11.3 Å². The van der Waals surface area contributed by atoms with E-state index in [-0.39, 0.29) is 12.5 Å². The number of aliphatic hydroxyl groups excluding tert-OH is 1. The van der Waals surface area contributed by atoms with Crippen LogP contribution in [-0.2, 0) is 11.3 Å². The van der Waals surface area contributed by atoms with Gasteiger partial charge in [-0.3, -0.25) is 9.80 Å². The van der Waals surface area contributed by atoms with E-state index < -0.39 is 18.6 Å². The maximum atomic E-state index is 12.5. The number of rotatable bonds is 4. The van der Waals surface area contributed by atoms with Crippen molar-refractivity contribution >= 4 is 24.0 Å². The summed E-state index contributed by atoms with van der Waals surface area (Å²) in [4.78, 5) is 17.9. The van der Waals surface area contributed by atoms with Gasteiger partial charge in [0, 0.05) is 17.9 Å². The van der Waals surface area contributed by atoms with E-state index in [1.807, 2.05) is 36.7 Å². The van der Waals surface area contributed by atoms with E-state index in [0.717, 1.165) is 26.7 Å². The molecular weight excluding hydrogens is 335 g/mol. The second kappa shape index (κ2) is 7.36. The van der Waals surface area contributed by atoms with Crippen molar-refractivity contribution in [2.75, 3.05) is 0 Å². The molecule has 8 heteroatoms. The van der Waals surface area contributed by atoms with Crippen molar-refractivity contribution in [1.29, 1.82) is 5.26 Å². The van der Waals surface area contributed by atoms with E-state index in [2.05, 4.69) is 11.0 Å². The van der Waals surface area contributed by atoms with Gasteiger partial charge < -0.3 is 5.11 Å². The molecule has 0 spiro atoms. The minimum Gasteiger partial charge on any atom is -0.394 e. The number of carbonyl (C=O) groups is 1. The molecule has 2 aromatic rings. The number of aryl methyl sites for hydroxylation is 1. The highest BCUT2D eigenvalue weighted by molar-refractivity contribution is 7.13. The van der Waals surface area contributed by atoms with Crippen molar-refractivity contribution < 1.29 is 9.90 Å². The number of hydrazine groups is 1. The largest absolute Gasteiger partial charge is 0.394 e. The number of nitriles is 1. The first-order valence-corrected chi connectivity index (χ1v) is 9.00. The highest BCUT2D eigenvalue weighted by Crippen LogP contribution is 2.32. The first-order valence-electron chi connectivity index (χ1n) is 8.12. The molecule has 3 rings (SSSR count). The molecule has 0 radical (unpaired) electrons. The van der Waals surface area contributed by atoms with Gasteiger partial charge in [0.1, 0.15) is 0 Å². The molecule has 1 unspecified atom stereocenters. The van der Waals surface area contributed by atoms with Crippen molar-refractivity contribution in [2.24, 2.45) is 5.84 Å². The summed E-state index contributed by atoms with van der Waals surface area (Å²) in [6.07, 6.45) is 0.0341. The zero-order chi connectivity index (χ0) is 18.0. The summed E-state index contributed by atoms with van der Waals surface area (Å²) in [6, 6.07) is 7.86. The average Bonchev–Trinajstić information content (AvgIpc) is 3.20. The fourth-order valence-corrected chi connectivity index (χ4v) is 4.07. The van der Waals surface area contributed by atoms with Crippen LogP contribution < -0.4 is 5.84 Å². The van der Waals surface area contributed by atoms with Crippen molar-refractivity contribution in [3.8, 4) is 16.4 Å². The van der Waals surface area contributed by atoms with Crippen LogP contribution in [0.5, 0.6) is 0 Å². The second-order valence-electron chi connectivity index (χ2n) is 6.40. The SMILES string of the molecule is Cc1ncsc1-c1ccc(CN(N)C(=O)C2C[C@@H](O)CB2C#N)cc1. The van der Waals surface area contributed by atoms with Crippen molar-refractivity contribution in [3.63, 3.8) is 0 Å². The molecule has 0 aliphatic carbocycles. The number of thiazole rings is 1. The Bertz CT molecular complexity index is 802. The van der Waals surface area contributed by atoms with Gasteiger partial charge >= 0.3 is 0 Å². The molecule has 3 N–H and O–H groups in total. The highest BCUT2D eigenvalue weighted by Gasteiger charge is 2.42. The van der Waals surface area contributed by atoms with E-state index in [4.69, 9.17) is 11.1 Å². The van der Waals surface area contributed by atoms with Crippen molar-refractivity contribution in [2.45, 2.75) is 38.1 Å². The Balaban J connectivity index is 1.67. The van der Waals surface area contributed by atoms with Gasteiger partial charge in [-0.25, -0.2) is 16.1 Å². The Kier molecular flexibility index (Phi) is 5.18. The summed E-state index contributed by atoms with van der Waals surface area (Å²) in [6.45, 7) is 1.78. The Morgan fingerprint density at radius 3 is 2.84 bits per heavy atom. The van der Waals surface area contributed by atoms with Crippen molar-refractivity contribution in [1.82, 2.24) is 9.99 Å². The van der Waals surface area contributed by atoms with E-state index in [9.17, 15) is 9.90 Å². The number of hydrogen-bond donors (Lipinski definition) is 2. The van der Waals surface area contributed by atoms with Gasteiger partial charge in [0.2, 0.25) is 5.91 Å². The predicted molar refractivity (Wildman–Crippen MR) is 97.6 cm³/mol. The molecule has 2 atom stereocenters. The number of hydrogen-bond acceptors (Lipinski definition) is 6. The van der Waals surface area contributed by atoms with Gasteiger partial charge in [0.05, 0.1) is 22.6 Å². The number of nitrogens with zero attached hydrogens (tertiary/aromatic N) is 3. The van der Waals surface area contributed by atoms with Crippen LogP contribution in [0.2, 0.25) is 12.1 Å². The lowest BCUT2D eigenvalue weighted by atomic mass is 9.43. The third-order valence-electron chi connectivity index (χ3n) is 4.62. The summed E-state index contributed by atoms with van der Waals surface area (Å²) < 4.78 is 0. The molecule has 1 aliphatic heterocycles. The second-order valence-corrected chi connectivity index (χ2v) is 7.25. The fraction of sp³-hybridized carbons (Fsp3) is 0.353. The third-order valence-corrected chi connectivity index (χ3v) is 5.60. The zero-order valence-corrected chi connectivity index (χ0v) is 14.7. The molecule has 1 aromatic carbocycles. The van der Waals surface area contributed by atoms with Crippen LogP contribution in [-0.4, -0.2) is 33.8 Å². The maximum absolute atomic E-state index is 12.5. The first kappa shape index (κ1) is 17.6. The van der Waals surface area contributed by atoms with E-state index in [1.165, 1.54) is 0 Å². The predicted octanol–water partition coefficient (Wildman–Crippen LogP) is 2.01. The van der Waals surface area contributed by atoms with Crippen LogP contribution in [0, 0.1) is 18.2 Å². The van der Waals surface area contributed by atoms with Gasteiger partial charge in [-0.05, 0) is 30.8 Å². The maximum Gasteiger partial charge on any atom is 0.283 e. The smallest absolute Gasteiger partial charge is 0.283 e. The molecule has 2 heterocycles. The van der Waals surface area contributed by atoms with Crippen LogP contribution in [0.4, 0.5) is 0 Å². The third kappa shape index (κ3) is 3.74. The van der Waals surface area contributed by atoms with Crippen LogP contribution in [0.3, 0.4) is 0 Å². The minimum absolute atomic E-state index is 0.269. The normalized spacial score (nSPS) is 19.7. The lowest BCUT2D eigenvalue weighted by Crippen LogP contribution is -2.41. The van der Waals surface area contributed by atoms with Crippen LogP contribution in [0.15, 0.2) is 29.8 Å². The number of aromatic nitrogens is 1. The highest BCUT2D eigenvalue weighted by atomic mass is 32.1. The molecule has 1 aliphatic rings. The monoisotopic (exact) mass is 354 g/mol. The van der Waals surface area contributed by atoms with Gasteiger partial charge in [-0.15, -0.1) is 11.3 Å². The van der Waals surface area contributed by atoms with Gasteiger partial charge in [-0.2, -0.15) is 0 Å². The van der Waals surface area contributed by atoms with Crippen molar-refractivity contribution in [3.05, 3.63) is 41.0 Å². The Morgan fingerprint density at radius 2 is 2.24 bits per heavy atom. The molecule has 0 saturated carbocycles. The standard InChI is InChI=1S/C17H19BN4O2S/c1-11-16(25-10-21-11)13-4-2-12(3-5-13)8-22(20)17(24)15-6-14(23)7-18(15)9-19/h2-5,10,14-15,23H,6-8,20H2,1H3/t14-,15?/m1/s1. The van der Waals surface area contributed by atoms with Crippen LogP contribution >= 0.6 is 11.3 Å². The molecule has 0 bridgehead atoms. The van der Waals surface area contributed by atoms with E-state index >= 15 is 0 Å². The minimum atomic E-state index is -0.603. The molecule has 128 valence electrons. The zero-order valence-electron chi connectivity index (χ0n) is 13.9. The number of nitrogens with two attached hydrogens (primary N) is 1. The molecule has 1 fully saturated rings. The van der Waals surface area contributed by atoms with Gasteiger partial charge in [0.15, 0.2) is 0 Å². The van der Waals surface area contributed by atoms with E-state index in [0.29, 0.717) is 12.7 Å². The Hall–Kier alpha value is -2.21. The topological polar surface area (TPSA) is 103 Å². The molecule has 1 aromatic heterocycles. The molecule has 1 saturated heterocycles. The molecular formula is C17H19BN4O2S. The molecule has 1 amide bonds. The van der Waals surface area contributed by atoms with Crippen LogP contribution in [0.1, 0.15) is 17.7 Å². The summed E-state index contributed by atoms with van der Waals surface area (Å²) in [5, 5.41) is 20.0. The first-order chi connectivity index (χ1) is 12.0. The molecule has 6 nitrogen and oxygen atoms in total. The lowest BCUT2D eigenvalue weighted by molar-refractivity contribution is -0.132. The quantitative estimate of drug-likeness (QED) is 0.378. The van der Waals surface area contributed by atoms with Gasteiger partial charge in [0.25, 0.3) is 6.71 Å². The summed E-state index contributed by atoms with van der Waals surface area (Å²) >= 11 is 1.59. The summed E-state index contributed by atoms with van der Waals surface area (Å²) in [5.74, 6) is 7.23. The summed E-state index contributed by atoms with van der Waals surface area (Å²) in [5.41, 5.74) is 4.81. The van der Waals surface area contributed by atoms with Crippen LogP contribution in [0.25, 0.3) is 10.4 Å². The lowest BCUT2D eigenvalue weighted by Gasteiger charge is -2.21. The fourth-order valence-electron chi connectivity index (χ4n) is 3.25. The number of aliphatic hydroxyl groups is 1. The Morgan fingerprint density at radius 1 is 1.52 bits per heavy atom. The number of carbonyl (C=O) groups excluding carboxylic acids is 1. The average molecular weight is 354 g/mol. The number of benzene rings is 1. The molecule has 25 heavy (non-hydrogen) atoms. The number of amides is 1. The summed E-state index contributed by atoms with van der Waals surface area (Å²) in [7, 11) is 0. The Labute approximate surface area is 151 Å².